The summed E-state index contributed by atoms with van der Waals surface area (Å²) in [6.45, 7) is 4.43. The average Bonchev–Trinajstić information content (AvgIpc) is 3.09. The first kappa shape index (κ1) is 15.8. The third-order valence-electron chi connectivity index (χ3n) is 4.51. The Hall–Kier alpha value is -2.11. The van der Waals surface area contributed by atoms with Crippen LogP contribution < -0.4 is 0 Å². The van der Waals surface area contributed by atoms with Crippen LogP contribution in [0.2, 0.25) is 0 Å². The first-order valence-electron chi connectivity index (χ1n) is 8.32. The summed E-state index contributed by atoms with van der Waals surface area (Å²) < 4.78 is 5.85. The van der Waals surface area contributed by atoms with Crippen molar-refractivity contribution in [3.63, 3.8) is 0 Å². The number of Topliss-reactive ketones (excluding diaryl/α,β-unsaturated/α-hetero) is 1. The molecule has 0 spiro atoms. The third kappa shape index (κ3) is 3.63. The van der Waals surface area contributed by atoms with Gasteiger partial charge in [0, 0.05) is 18.8 Å². The Bertz CT molecular complexity index is 673. The van der Waals surface area contributed by atoms with E-state index < -0.39 is 0 Å². The summed E-state index contributed by atoms with van der Waals surface area (Å²) >= 11 is 0. The lowest BCUT2D eigenvalue weighted by atomic mass is 9.96. The van der Waals surface area contributed by atoms with Gasteiger partial charge in [-0.3, -0.25) is 4.79 Å². The lowest BCUT2D eigenvalue weighted by Gasteiger charge is -2.10. The SMILES string of the molecule is C=CCC[C@H]1OC[C@@H]2CC(=O)C(C#CCCc3ccccc3)=C21. The van der Waals surface area contributed by atoms with E-state index in [0.717, 1.165) is 36.8 Å². The molecule has 0 N–H and O–H groups in total. The second-order valence-electron chi connectivity index (χ2n) is 6.13. The minimum Gasteiger partial charge on any atom is -0.373 e. The number of hydrogen-bond acceptors (Lipinski definition) is 2. The molecule has 0 bridgehead atoms. The number of fused-ring (bicyclic) bond motifs is 1. The number of hydrogen-bond donors (Lipinski definition) is 0. The molecule has 1 heterocycles. The van der Waals surface area contributed by atoms with Crippen LogP contribution in [0, 0.1) is 17.8 Å². The first-order valence-corrected chi connectivity index (χ1v) is 8.32. The molecule has 1 aliphatic heterocycles. The fraction of sp³-hybridized carbons (Fsp3) is 0.381. The summed E-state index contributed by atoms with van der Waals surface area (Å²) in [4.78, 5) is 12.2. The fourth-order valence-corrected chi connectivity index (χ4v) is 3.35. The molecule has 1 saturated heterocycles. The van der Waals surface area contributed by atoms with Gasteiger partial charge in [-0.15, -0.1) is 6.58 Å². The van der Waals surface area contributed by atoms with Gasteiger partial charge in [0.1, 0.15) is 0 Å². The molecule has 2 atom stereocenters. The molecule has 0 amide bonds. The number of ketones is 1. The van der Waals surface area contributed by atoms with Crippen LogP contribution in [0.1, 0.15) is 31.2 Å². The van der Waals surface area contributed by atoms with Crippen LogP contribution in [-0.4, -0.2) is 18.5 Å². The normalized spacial score (nSPS) is 22.7. The van der Waals surface area contributed by atoms with Crippen LogP contribution in [0.5, 0.6) is 0 Å². The third-order valence-corrected chi connectivity index (χ3v) is 4.51. The van der Waals surface area contributed by atoms with Crippen molar-refractivity contribution < 1.29 is 9.53 Å². The lowest BCUT2D eigenvalue weighted by Crippen LogP contribution is -2.09. The van der Waals surface area contributed by atoms with Gasteiger partial charge in [0.25, 0.3) is 0 Å². The second-order valence-corrected chi connectivity index (χ2v) is 6.13. The number of allylic oxidation sites excluding steroid dienone is 2. The highest BCUT2D eigenvalue weighted by molar-refractivity contribution is 6.03. The second kappa shape index (κ2) is 7.44. The summed E-state index contributed by atoms with van der Waals surface area (Å²) in [5.41, 5.74) is 3.17. The van der Waals surface area contributed by atoms with Crippen molar-refractivity contribution in [3.05, 3.63) is 59.7 Å². The standard InChI is InChI=1S/C21H22O2/c1-2-3-13-20-21-17(15-23-20)14-19(22)18(21)12-8-7-11-16-9-5-4-6-10-16/h2,4-6,9-10,17,20H,1,3,7,11,13-15H2/t17-,20+/m0/s1. The molecule has 1 aromatic carbocycles. The summed E-state index contributed by atoms with van der Waals surface area (Å²) in [6, 6.07) is 10.3. The van der Waals surface area contributed by atoms with E-state index in [2.05, 4.69) is 30.6 Å². The van der Waals surface area contributed by atoms with Crippen LogP contribution >= 0.6 is 0 Å². The van der Waals surface area contributed by atoms with E-state index in [1.807, 2.05) is 24.3 Å². The average molecular weight is 306 g/mol. The van der Waals surface area contributed by atoms with Crippen molar-refractivity contribution in [1.29, 1.82) is 0 Å². The zero-order valence-corrected chi connectivity index (χ0v) is 13.4. The predicted octanol–water partition coefficient (Wildman–Crippen LogP) is 3.87. The smallest absolute Gasteiger partial charge is 0.171 e. The molecule has 1 fully saturated rings. The monoisotopic (exact) mass is 306 g/mol. The van der Waals surface area contributed by atoms with E-state index in [4.69, 9.17) is 4.74 Å². The Labute approximate surface area is 138 Å². The molecule has 1 aliphatic carbocycles. The Morgan fingerprint density at radius 3 is 2.91 bits per heavy atom. The van der Waals surface area contributed by atoms with Crippen molar-refractivity contribution in [2.75, 3.05) is 6.61 Å². The van der Waals surface area contributed by atoms with Gasteiger partial charge in [0.15, 0.2) is 5.78 Å². The largest absolute Gasteiger partial charge is 0.373 e. The van der Waals surface area contributed by atoms with Crippen molar-refractivity contribution in [1.82, 2.24) is 0 Å². The fourth-order valence-electron chi connectivity index (χ4n) is 3.35. The molecule has 1 aromatic rings. The summed E-state index contributed by atoms with van der Waals surface area (Å²) in [5, 5.41) is 0. The summed E-state index contributed by atoms with van der Waals surface area (Å²) in [6.07, 6.45) is 6.04. The van der Waals surface area contributed by atoms with Gasteiger partial charge >= 0.3 is 0 Å². The van der Waals surface area contributed by atoms with Crippen LogP contribution in [-0.2, 0) is 16.0 Å². The van der Waals surface area contributed by atoms with E-state index in [0.29, 0.717) is 13.0 Å². The molecular weight excluding hydrogens is 284 g/mol. The number of rotatable bonds is 5. The zero-order valence-electron chi connectivity index (χ0n) is 13.4. The van der Waals surface area contributed by atoms with Gasteiger partial charge in [0.05, 0.1) is 18.3 Å². The summed E-state index contributed by atoms with van der Waals surface area (Å²) in [7, 11) is 0. The number of carbonyl (C=O) groups excluding carboxylic acids is 1. The highest BCUT2D eigenvalue weighted by Crippen LogP contribution is 2.39. The van der Waals surface area contributed by atoms with Crippen molar-refractivity contribution in [2.45, 2.75) is 38.2 Å². The van der Waals surface area contributed by atoms with Gasteiger partial charge in [-0.25, -0.2) is 0 Å². The maximum atomic E-state index is 12.2. The molecule has 2 nitrogen and oxygen atoms in total. The molecule has 0 aromatic heterocycles. The zero-order chi connectivity index (χ0) is 16.1. The summed E-state index contributed by atoms with van der Waals surface area (Å²) in [5.74, 6) is 6.80. The molecule has 0 radical (unpaired) electrons. The van der Waals surface area contributed by atoms with Crippen molar-refractivity contribution in [2.24, 2.45) is 5.92 Å². The maximum Gasteiger partial charge on any atom is 0.171 e. The van der Waals surface area contributed by atoms with Gasteiger partial charge < -0.3 is 4.74 Å². The molecule has 3 rings (SSSR count). The molecule has 2 aliphatic rings. The first-order chi connectivity index (χ1) is 11.3. The Morgan fingerprint density at radius 1 is 1.30 bits per heavy atom. The van der Waals surface area contributed by atoms with Crippen LogP contribution in [0.3, 0.4) is 0 Å². The Balaban J connectivity index is 1.69. The van der Waals surface area contributed by atoms with Crippen LogP contribution in [0.25, 0.3) is 0 Å². The molecule has 0 unspecified atom stereocenters. The minimum atomic E-state index is 0.0582. The molecule has 23 heavy (non-hydrogen) atoms. The molecule has 2 heteroatoms. The number of benzene rings is 1. The highest BCUT2D eigenvalue weighted by Gasteiger charge is 2.40. The van der Waals surface area contributed by atoms with Gasteiger partial charge in [-0.1, -0.05) is 48.2 Å². The predicted molar refractivity (Wildman–Crippen MR) is 91.9 cm³/mol. The van der Waals surface area contributed by atoms with Crippen molar-refractivity contribution in [3.8, 4) is 11.8 Å². The van der Waals surface area contributed by atoms with Crippen molar-refractivity contribution >= 4 is 5.78 Å². The van der Waals surface area contributed by atoms with Gasteiger partial charge in [-0.2, -0.15) is 0 Å². The number of carbonyl (C=O) groups is 1. The van der Waals surface area contributed by atoms with E-state index in [1.165, 1.54) is 5.56 Å². The van der Waals surface area contributed by atoms with E-state index in [-0.39, 0.29) is 17.8 Å². The Morgan fingerprint density at radius 2 is 2.13 bits per heavy atom. The van der Waals surface area contributed by atoms with Crippen LogP contribution in [0.15, 0.2) is 54.1 Å². The lowest BCUT2D eigenvalue weighted by molar-refractivity contribution is -0.115. The van der Waals surface area contributed by atoms with E-state index in [9.17, 15) is 4.79 Å². The Kier molecular flexibility index (Phi) is 5.10. The van der Waals surface area contributed by atoms with E-state index >= 15 is 0 Å². The molecule has 118 valence electrons. The topological polar surface area (TPSA) is 26.3 Å². The number of ether oxygens (including phenoxy) is 1. The maximum absolute atomic E-state index is 12.2. The van der Waals surface area contributed by atoms with Crippen LogP contribution in [0.4, 0.5) is 0 Å². The number of aryl methyl sites for hydroxylation is 1. The highest BCUT2D eigenvalue weighted by atomic mass is 16.5. The molecular formula is C21H22O2. The molecule has 0 saturated carbocycles. The van der Waals surface area contributed by atoms with Gasteiger partial charge in [0.2, 0.25) is 0 Å². The quantitative estimate of drug-likeness (QED) is 0.610. The van der Waals surface area contributed by atoms with E-state index in [1.54, 1.807) is 0 Å². The van der Waals surface area contributed by atoms with Gasteiger partial charge in [-0.05, 0) is 30.4 Å². The minimum absolute atomic E-state index is 0.0582.